The summed E-state index contributed by atoms with van der Waals surface area (Å²) < 4.78 is 5.52. The molecule has 0 aliphatic heterocycles. The van der Waals surface area contributed by atoms with Gasteiger partial charge < -0.3 is 31.1 Å². The summed E-state index contributed by atoms with van der Waals surface area (Å²) >= 11 is 0. The van der Waals surface area contributed by atoms with Crippen molar-refractivity contribution in [3.8, 4) is 0 Å². The lowest BCUT2D eigenvalue weighted by Gasteiger charge is -2.30. The van der Waals surface area contributed by atoms with Gasteiger partial charge in [-0.2, -0.15) is 0 Å². The first-order chi connectivity index (χ1) is 27.2. The molecule has 11 heteroatoms. The molecule has 11 nitrogen and oxygen atoms in total. The van der Waals surface area contributed by atoms with Crippen molar-refractivity contribution in [2.75, 3.05) is 0 Å². The molecule has 0 aliphatic carbocycles. The highest BCUT2D eigenvalue weighted by molar-refractivity contribution is 5.92. The largest absolute Gasteiger partial charge is 0.459 e. The molecule has 0 bridgehead atoms. The van der Waals surface area contributed by atoms with Crippen LogP contribution < -0.4 is 21.3 Å². The minimum atomic E-state index is -1.35. The van der Waals surface area contributed by atoms with Crippen LogP contribution in [-0.4, -0.2) is 65.0 Å². The molecule has 304 valence electrons. The van der Waals surface area contributed by atoms with Crippen molar-refractivity contribution in [3.63, 3.8) is 0 Å². The zero-order chi connectivity index (χ0) is 41.5. The van der Waals surface area contributed by atoms with Crippen LogP contribution in [0.25, 0.3) is 10.8 Å². The van der Waals surface area contributed by atoms with Crippen LogP contribution >= 0.6 is 0 Å². The van der Waals surface area contributed by atoms with E-state index in [4.69, 9.17) is 4.74 Å². The third kappa shape index (κ3) is 13.6. The van der Waals surface area contributed by atoms with Gasteiger partial charge in [-0.1, -0.05) is 151 Å². The van der Waals surface area contributed by atoms with E-state index < -0.39 is 60.4 Å². The Kier molecular flexibility index (Phi) is 16.8. The van der Waals surface area contributed by atoms with E-state index in [0.29, 0.717) is 6.42 Å². The Morgan fingerprint density at radius 3 is 1.77 bits per heavy atom. The molecule has 0 aliphatic rings. The van der Waals surface area contributed by atoms with Crippen molar-refractivity contribution in [2.45, 2.75) is 104 Å². The maximum absolute atomic E-state index is 13.8. The quantitative estimate of drug-likeness (QED) is 0.0749. The molecule has 4 aromatic rings. The number of amides is 4. The highest BCUT2D eigenvalue weighted by Crippen LogP contribution is 2.18. The van der Waals surface area contributed by atoms with Gasteiger partial charge in [-0.15, -0.1) is 0 Å². The average molecular weight is 779 g/mol. The molecule has 4 amide bonds. The fraction of sp³-hybridized carbons (Fsp3) is 0.413. The molecule has 57 heavy (non-hydrogen) atoms. The molecule has 4 rings (SSSR count). The van der Waals surface area contributed by atoms with Gasteiger partial charge in [-0.3, -0.25) is 19.2 Å². The highest BCUT2D eigenvalue weighted by Gasteiger charge is 2.34. The van der Waals surface area contributed by atoms with E-state index in [1.807, 2.05) is 131 Å². The minimum Gasteiger partial charge on any atom is -0.459 e. The maximum atomic E-state index is 13.8. The van der Waals surface area contributed by atoms with Crippen LogP contribution in [0.5, 0.6) is 0 Å². The van der Waals surface area contributed by atoms with Crippen molar-refractivity contribution in [1.29, 1.82) is 0 Å². The predicted octanol–water partition coefficient (Wildman–Crippen LogP) is 5.42. The number of nitrogens with one attached hydrogen (secondary N) is 4. The molecule has 0 spiro atoms. The molecule has 0 radical (unpaired) electrons. The van der Waals surface area contributed by atoms with Gasteiger partial charge in [0.25, 0.3) is 0 Å². The van der Waals surface area contributed by atoms with Gasteiger partial charge in [0.2, 0.25) is 23.6 Å². The summed E-state index contributed by atoms with van der Waals surface area (Å²) in [6, 6.07) is 28.4. The predicted molar refractivity (Wildman–Crippen MR) is 222 cm³/mol. The van der Waals surface area contributed by atoms with E-state index in [9.17, 15) is 29.1 Å². The summed E-state index contributed by atoms with van der Waals surface area (Å²) in [5.74, 6) is -3.45. The fourth-order valence-electron chi connectivity index (χ4n) is 6.54. The van der Waals surface area contributed by atoms with Crippen molar-refractivity contribution in [2.24, 2.45) is 17.8 Å². The summed E-state index contributed by atoms with van der Waals surface area (Å²) in [4.78, 5) is 67.4. The van der Waals surface area contributed by atoms with Gasteiger partial charge >= 0.3 is 5.97 Å². The van der Waals surface area contributed by atoms with Crippen molar-refractivity contribution < 1.29 is 33.8 Å². The van der Waals surface area contributed by atoms with Crippen LogP contribution in [0.15, 0.2) is 103 Å². The summed E-state index contributed by atoms with van der Waals surface area (Å²) in [6.45, 7) is 11.0. The van der Waals surface area contributed by atoms with Crippen molar-refractivity contribution in [1.82, 2.24) is 21.3 Å². The number of benzene rings is 4. The van der Waals surface area contributed by atoms with E-state index in [0.717, 1.165) is 27.5 Å². The first-order valence-electron chi connectivity index (χ1n) is 19.8. The van der Waals surface area contributed by atoms with Gasteiger partial charge in [0, 0.05) is 0 Å². The topological polar surface area (TPSA) is 163 Å². The standard InChI is InChI=1S/C46H58N4O7/c1-7-31(6)43(45(55)50-42(30(4)5)46(56)57-28-33-18-12-9-13-19-33)49-40(53)27-38(51)37(25-32-16-10-8-11-17-32)47-44(54)41(29(2)3)48-39(52)26-34-22-23-35-20-14-15-21-36(35)24-34/h8-24,29-31,37-38,41-43,51H,7,25-28H2,1-6H3,(H,47,54)(H,48,52)(H,49,53)(H,50,55)/t31-,37-,38-,41-,42-,43-/m0/s1. The van der Waals surface area contributed by atoms with Crippen molar-refractivity contribution >= 4 is 40.4 Å². The summed E-state index contributed by atoms with van der Waals surface area (Å²) in [5, 5.41) is 25.0. The summed E-state index contributed by atoms with van der Waals surface area (Å²) in [7, 11) is 0. The molecule has 6 atom stereocenters. The number of hydrogen-bond donors (Lipinski definition) is 5. The second-order valence-corrected chi connectivity index (χ2v) is 15.5. The lowest BCUT2D eigenvalue weighted by molar-refractivity contribution is -0.150. The number of ether oxygens (including phenoxy) is 1. The molecular weight excluding hydrogens is 721 g/mol. The zero-order valence-electron chi connectivity index (χ0n) is 33.9. The van der Waals surface area contributed by atoms with Gasteiger partial charge in [0.1, 0.15) is 24.7 Å². The van der Waals surface area contributed by atoms with Crippen LogP contribution in [0.2, 0.25) is 0 Å². The number of aliphatic hydroxyl groups excluding tert-OH is 1. The number of esters is 1. The first kappa shape index (κ1) is 44.2. The Balaban J connectivity index is 1.43. The monoisotopic (exact) mass is 778 g/mol. The highest BCUT2D eigenvalue weighted by atomic mass is 16.5. The van der Waals surface area contributed by atoms with Crippen LogP contribution in [0, 0.1) is 17.8 Å². The number of carbonyl (C=O) groups excluding carboxylic acids is 5. The maximum Gasteiger partial charge on any atom is 0.329 e. The smallest absolute Gasteiger partial charge is 0.329 e. The van der Waals surface area contributed by atoms with Gasteiger partial charge in [-0.25, -0.2) is 4.79 Å². The Hall–Kier alpha value is -5.55. The normalized spacial score (nSPS) is 14.5. The van der Waals surface area contributed by atoms with E-state index >= 15 is 0 Å². The van der Waals surface area contributed by atoms with E-state index in [1.165, 1.54) is 0 Å². The number of carbonyl (C=O) groups is 5. The lowest BCUT2D eigenvalue weighted by atomic mass is 9.95. The number of hydrogen-bond acceptors (Lipinski definition) is 7. The molecule has 4 aromatic carbocycles. The molecular formula is C46H58N4O7. The number of rotatable bonds is 20. The SMILES string of the molecule is CC[C@H](C)[C@H](NC(=O)C[C@H](O)[C@H](Cc1ccccc1)NC(=O)[C@@H](NC(=O)Cc1ccc2ccccc2c1)C(C)C)C(=O)N[C@H](C(=O)OCc1ccccc1)C(C)C. The second kappa shape index (κ2) is 21.7. The van der Waals surface area contributed by atoms with Gasteiger partial charge in [0.05, 0.1) is 25.0 Å². The average Bonchev–Trinajstić information content (AvgIpc) is 3.19. The number of fused-ring (bicyclic) bond motifs is 1. The van der Waals surface area contributed by atoms with E-state index in [1.54, 1.807) is 13.8 Å². The fourth-order valence-corrected chi connectivity index (χ4v) is 6.54. The Labute approximate surface area is 336 Å². The first-order valence-corrected chi connectivity index (χ1v) is 19.8. The summed E-state index contributed by atoms with van der Waals surface area (Å²) in [6.07, 6.45) is -0.956. The molecule has 0 fully saturated rings. The molecule has 0 aromatic heterocycles. The van der Waals surface area contributed by atoms with Crippen LogP contribution in [0.4, 0.5) is 0 Å². The molecule has 0 saturated heterocycles. The van der Waals surface area contributed by atoms with Gasteiger partial charge in [0.15, 0.2) is 0 Å². The van der Waals surface area contributed by atoms with E-state index in [-0.39, 0.29) is 43.1 Å². The second-order valence-electron chi connectivity index (χ2n) is 15.5. The third-order valence-corrected chi connectivity index (χ3v) is 10.2. The Morgan fingerprint density at radius 1 is 0.596 bits per heavy atom. The minimum absolute atomic E-state index is 0.0540. The van der Waals surface area contributed by atoms with E-state index in [2.05, 4.69) is 21.3 Å². The van der Waals surface area contributed by atoms with Crippen LogP contribution in [0.1, 0.15) is 71.1 Å². The molecule has 0 saturated carbocycles. The lowest BCUT2D eigenvalue weighted by Crippen LogP contribution is -2.57. The molecule has 5 N–H and O–H groups in total. The Bertz CT molecular complexity index is 1940. The van der Waals surface area contributed by atoms with Gasteiger partial charge in [-0.05, 0) is 51.6 Å². The Morgan fingerprint density at radius 2 is 1.16 bits per heavy atom. The molecule has 0 heterocycles. The molecule has 0 unspecified atom stereocenters. The van der Waals surface area contributed by atoms with Crippen molar-refractivity contribution in [3.05, 3.63) is 120 Å². The zero-order valence-corrected chi connectivity index (χ0v) is 33.9. The summed E-state index contributed by atoms with van der Waals surface area (Å²) in [5.41, 5.74) is 2.44. The van der Waals surface area contributed by atoms with Crippen LogP contribution in [-0.2, 0) is 48.2 Å². The van der Waals surface area contributed by atoms with Crippen LogP contribution in [0.3, 0.4) is 0 Å². The third-order valence-electron chi connectivity index (χ3n) is 10.2. The number of aliphatic hydroxyl groups is 1.